The van der Waals surface area contributed by atoms with Gasteiger partial charge in [0.15, 0.2) is 11.5 Å². The Morgan fingerprint density at radius 2 is 1.77 bits per heavy atom. The summed E-state index contributed by atoms with van der Waals surface area (Å²) in [5.74, 6) is -0.678. The van der Waals surface area contributed by atoms with Gasteiger partial charge in [-0.3, -0.25) is 14.5 Å². The van der Waals surface area contributed by atoms with Gasteiger partial charge in [0.1, 0.15) is 5.76 Å². The highest BCUT2D eigenvalue weighted by molar-refractivity contribution is 9.10. The van der Waals surface area contributed by atoms with Gasteiger partial charge in [-0.1, -0.05) is 40.2 Å². The van der Waals surface area contributed by atoms with Crippen LogP contribution in [0, 0.1) is 0 Å². The largest absolute Gasteiger partial charge is 0.507 e. The Kier molecular flexibility index (Phi) is 8.10. The summed E-state index contributed by atoms with van der Waals surface area (Å²) in [6, 6.07) is 11.5. The highest BCUT2D eigenvalue weighted by Crippen LogP contribution is 2.45. The van der Waals surface area contributed by atoms with Crippen LogP contribution in [0.25, 0.3) is 5.76 Å². The lowest BCUT2D eigenvalue weighted by atomic mass is 9.94. The number of hydrogen-bond donors (Lipinski definition) is 1. The first-order valence-electron chi connectivity index (χ1n) is 11.5. The number of aliphatic hydroxyl groups is 1. The molecule has 0 aromatic heterocycles. The number of aliphatic hydroxyl groups excluding tert-OH is 1. The molecule has 1 amide bonds. The molecule has 0 bridgehead atoms. The second-order valence-corrected chi connectivity index (χ2v) is 9.31. The number of methoxy groups -OCH3 is 2. The molecule has 0 aliphatic carbocycles. The summed E-state index contributed by atoms with van der Waals surface area (Å²) in [6.45, 7) is 4.20. The van der Waals surface area contributed by atoms with E-state index in [0.717, 1.165) is 24.1 Å². The van der Waals surface area contributed by atoms with Crippen LogP contribution < -0.4 is 9.47 Å². The molecule has 1 N–H and O–H groups in total. The topological polar surface area (TPSA) is 88.5 Å². The van der Waals surface area contributed by atoms with E-state index in [9.17, 15) is 14.7 Å². The molecule has 186 valence electrons. The first-order valence-corrected chi connectivity index (χ1v) is 12.3. The molecule has 4 rings (SSSR count). The molecule has 0 spiro atoms. The molecule has 2 fully saturated rings. The number of carbonyl (C=O) groups excluding carboxylic acids is 2. The third-order valence-corrected chi connectivity index (χ3v) is 6.89. The average molecular weight is 545 g/mol. The van der Waals surface area contributed by atoms with Crippen molar-refractivity contribution in [3.8, 4) is 11.5 Å². The number of likely N-dealkylation sites (tertiary alicyclic amines) is 1. The van der Waals surface area contributed by atoms with E-state index < -0.39 is 17.7 Å². The van der Waals surface area contributed by atoms with E-state index >= 15 is 0 Å². The number of carbonyl (C=O) groups is 2. The molecule has 2 aromatic carbocycles. The summed E-state index contributed by atoms with van der Waals surface area (Å²) in [5, 5.41) is 11.2. The zero-order valence-electron chi connectivity index (χ0n) is 19.8. The maximum Gasteiger partial charge on any atom is 0.295 e. The van der Waals surface area contributed by atoms with Crippen molar-refractivity contribution in [1.82, 2.24) is 9.80 Å². The van der Waals surface area contributed by atoms with Crippen LogP contribution in [0.1, 0.15) is 23.6 Å². The van der Waals surface area contributed by atoms with Gasteiger partial charge in [0.25, 0.3) is 11.7 Å². The lowest BCUT2D eigenvalue weighted by Gasteiger charge is -2.29. The SMILES string of the molecule is COc1cccc(C2/C(=C(/O)c3ccc(Br)cc3)C(=O)C(=O)N2CCCN2CCOCC2)c1OC. The third-order valence-electron chi connectivity index (χ3n) is 6.36. The van der Waals surface area contributed by atoms with Crippen molar-refractivity contribution in [2.24, 2.45) is 0 Å². The fourth-order valence-electron chi connectivity index (χ4n) is 4.61. The van der Waals surface area contributed by atoms with Gasteiger partial charge >= 0.3 is 0 Å². The second kappa shape index (κ2) is 11.2. The maximum absolute atomic E-state index is 13.3. The van der Waals surface area contributed by atoms with Crippen LogP contribution in [0.4, 0.5) is 0 Å². The zero-order chi connectivity index (χ0) is 24.9. The Balaban J connectivity index is 1.75. The van der Waals surface area contributed by atoms with Gasteiger partial charge in [-0.25, -0.2) is 0 Å². The number of morpholine rings is 1. The number of ether oxygens (including phenoxy) is 3. The maximum atomic E-state index is 13.3. The minimum Gasteiger partial charge on any atom is -0.507 e. The molecule has 35 heavy (non-hydrogen) atoms. The van der Waals surface area contributed by atoms with Gasteiger partial charge in [-0.15, -0.1) is 0 Å². The number of benzene rings is 2. The molecular formula is C26H29BrN2O6. The summed E-state index contributed by atoms with van der Waals surface area (Å²) in [5.41, 5.74) is 1.07. The predicted molar refractivity (Wildman–Crippen MR) is 135 cm³/mol. The summed E-state index contributed by atoms with van der Waals surface area (Å²) in [7, 11) is 3.05. The first kappa shape index (κ1) is 25.2. The Morgan fingerprint density at radius 1 is 1.06 bits per heavy atom. The van der Waals surface area contributed by atoms with Crippen LogP contribution in [0.3, 0.4) is 0 Å². The summed E-state index contributed by atoms with van der Waals surface area (Å²) in [4.78, 5) is 30.3. The lowest BCUT2D eigenvalue weighted by molar-refractivity contribution is -0.140. The number of Topliss-reactive ketones (excluding diaryl/α,β-unsaturated/α-hetero) is 1. The highest BCUT2D eigenvalue weighted by atomic mass is 79.9. The first-order chi connectivity index (χ1) is 17.0. The third kappa shape index (κ3) is 5.22. The van der Waals surface area contributed by atoms with Crippen LogP contribution in [-0.4, -0.2) is 80.2 Å². The van der Waals surface area contributed by atoms with Crippen molar-refractivity contribution in [2.45, 2.75) is 12.5 Å². The van der Waals surface area contributed by atoms with Crippen LogP contribution in [-0.2, 0) is 14.3 Å². The second-order valence-electron chi connectivity index (χ2n) is 8.39. The fourth-order valence-corrected chi connectivity index (χ4v) is 4.88. The Morgan fingerprint density at radius 3 is 2.43 bits per heavy atom. The van der Waals surface area contributed by atoms with Crippen LogP contribution in [0.2, 0.25) is 0 Å². The molecule has 1 atom stereocenters. The highest BCUT2D eigenvalue weighted by Gasteiger charge is 2.47. The Hall–Kier alpha value is -2.88. The number of ketones is 1. The predicted octanol–water partition coefficient (Wildman–Crippen LogP) is 3.61. The van der Waals surface area contributed by atoms with E-state index in [-0.39, 0.29) is 11.3 Å². The van der Waals surface area contributed by atoms with Crippen molar-refractivity contribution in [1.29, 1.82) is 0 Å². The van der Waals surface area contributed by atoms with Crippen LogP contribution >= 0.6 is 15.9 Å². The molecule has 2 aliphatic rings. The molecular weight excluding hydrogens is 516 g/mol. The fraction of sp³-hybridized carbons (Fsp3) is 0.385. The van der Waals surface area contributed by atoms with E-state index in [4.69, 9.17) is 14.2 Å². The molecule has 2 heterocycles. The standard InChI is InChI=1S/C26H29BrN2O6/c1-33-20-6-3-5-19(25(20)34-2)22-21(23(30)17-7-9-18(27)10-8-17)24(31)26(32)29(22)12-4-11-28-13-15-35-16-14-28/h3,5-10,22,30H,4,11-16H2,1-2H3/b23-21-. The molecule has 2 aromatic rings. The van der Waals surface area contributed by atoms with Crippen molar-refractivity contribution < 1.29 is 28.9 Å². The van der Waals surface area contributed by atoms with Gasteiger partial charge in [-0.05, 0) is 24.6 Å². The lowest BCUT2D eigenvalue weighted by Crippen LogP contribution is -2.39. The quantitative estimate of drug-likeness (QED) is 0.308. The van der Waals surface area contributed by atoms with Crippen LogP contribution in [0.15, 0.2) is 52.5 Å². The van der Waals surface area contributed by atoms with E-state index in [1.165, 1.54) is 19.1 Å². The number of para-hydroxylation sites is 1. The number of hydrogen-bond acceptors (Lipinski definition) is 7. The van der Waals surface area contributed by atoms with E-state index in [2.05, 4.69) is 20.8 Å². The minimum absolute atomic E-state index is 0.0373. The van der Waals surface area contributed by atoms with Crippen molar-refractivity contribution in [2.75, 3.05) is 53.6 Å². The molecule has 2 aliphatic heterocycles. The van der Waals surface area contributed by atoms with E-state index in [1.807, 2.05) is 0 Å². The van der Waals surface area contributed by atoms with Crippen molar-refractivity contribution >= 4 is 33.4 Å². The molecule has 1 unspecified atom stereocenters. The molecule has 2 saturated heterocycles. The van der Waals surface area contributed by atoms with Gasteiger partial charge < -0.3 is 24.2 Å². The van der Waals surface area contributed by atoms with E-state index in [1.54, 1.807) is 42.5 Å². The number of halogens is 1. The summed E-state index contributed by atoms with van der Waals surface area (Å²) < 4.78 is 17.4. The van der Waals surface area contributed by atoms with Crippen LogP contribution in [0.5, 0.6) is 11.5 Å². The molecule has 0 saturated carbocycles. The minimum atomic E-state index is -0.812. The van der Waals surface area contributed by atoms with Gasteiger partial charge in [-0.2, -0.15) is 0 Å². The average Bonchev–Trinajstić information content (AvgIpc) is 3.13. The van der Waals surface area contributed by atoms with Crippen molar-refractivity contribution in [3.05, 3.63) is 63.6 Å². The number of amides is 1. The monoisotopic (exact) mass is 544 g/mol. The summed E-state index contributed by atoms with van der Waals surface area (Å²) in [6.07, 6.45) is 0.675. The normalized spacial score (nSPS) is 20.3. The zero-order valence-corrected chi connectivity index (χ0v) is 21.4. The molecule has 0 radical (unpaired) electrons. The number of nitrogens with zero attached hydrogens (tertiary/aromatic N) is 2. The van der Waals surface area contributed by atoms with Gasteiger partial charge in [0.2, 0.25) is 0 Å². The van der Waals surface area contributed by atoms with Gasteiger partial charge in [0.05, 0.1) is 39.0 Å². The van der Waals surface area contributed by atoms with Crippen molar-refractivity contribution in [3.63, 3.8) is 0 Å². The number of rotatable bonds is 8. The molecule has 9 heteroatoms. The Bertz CT molecular complexity index is 1110. The smallest absolute Gasteiger partial charge is 0.295 e. The van der Waals surface area contributed by atoms with Gasteiger partial charge in [0, 0.05) is 41.8 Å². The molecule has 8 nitrogen and oxygen atoms in total. The summed E-state index contributed by atoms with van der Waals surface area (Å²) >= 11 is 3.38. The Labute approximate surface area is 213 Å². The van der Waals surface area contributed by atoms with E-state index in [0.29, 0.717) is 48.8 Å².